The van der Waals surface area contributed by atoms with Crippen molar-refractivity contribution in [2.24, 2.45) is 0 Å². The Balaban J connectivity index is 2.28. The second-order valence-electron chi connectivity index (χ2n) is 4.10. The zero-order valence-corrected chi connectivity index (χ0v) is 13.5. The van der Waals surface area contributed by atoms with Gasteiger partial charge in [0.05, 0.1) is 0 Å². The number of ether oxygens (including phenoxy) is 1. The van der Waals surface area contributed by atoms with Gasteiger partial charge in [0.25, 0.3) is 9.05 Å². The molecule has 0 N–H and O–H groups in total. The molecule has 0 amide bonds. The summed E-state index contributed by atoms with van der Waals surface area (Å²) >= 11 is 3.13. The fourth-order valence-electron chi connectivity index (χ4n) is 1.65. The number of hydrogen-bond donors (Lipinski definition) is 0. The summed E-state index contributed by atoms with van der Waals surface area (Å²) in [6.45, 7) is -0.199. The lowest BCUT2D eigenvalue weighted by atomic mass is 10.2. The molecule has 2 aromatic rings. The van der Waals surface area contributed by atoms with Crippen molar-refractivity contribution in [2.75, 3.05) is 0 Å². The largest absolute Gasteiger partial charge is 0.487 e. The molecule has 8 heteroatoms. The highest BCUT2D eigenvalue weighted by molar-refractivity contribution is 9.10. The van der Waals surface area contributed by atoms with Gasteiger partial charge in [0, 0.05) is 21.2 Å². The molecule has 2 rings (SSSR count). The summed E-state index contributed by atoms with van der Waals surface area (Å²) in [6.07, 6.45) is 0. The first-order valence-corrected chi connectivity index (χ1v) is 8.68. The zero-order valence-electron chi connectivity index (χ0n) is 10.3. The second-order valence-corrected chi connectivity index (χ2v) is 7.55. The molecule has 2 aromatic carbocycles. The summed E-state index contributed by atoms with van der Waals surface area (Å²) < 4.78 is 54.9. The molecular weight excluding hydrogens is 390 g/mol. The van der Waals surface area contributed by atoms with Crippen LogP contribution in [-0.4, -0.2) is 8.42 Å². The molecule has 0 atom stereocenters. The van der Waals surface area contributed by atoms with Crippen molar-refractivity contribution in [3.63, 3.8) is 0 Å². The van der Waals surface area contributed by atoms with E-state index in [9.17, 15) is 17.2 Å². The fourth-order valence-corrected chi connectivity index (χ4v) is 3.16. The first-order chi connectivity index (χ1) is 9.75. The average molecular weight is 398 g/mol. The molecule has 0 heterocycles. The lowest BCUT2D eigenvalue weighted by Gasteiger charge is -2.10. The van der Waals surface area contributed by atoms with Crippen molar-refractivity contribution in [1.82, 2.24) is 0 Å². The SMILES string of the molecule is O=S(=O)(Cl)c1cc(Br)ccc1OCc1cc(F)cc(F)c1. The van der Waals surface area contributed by atoms with E-state index in [0.717, 1.165) is 18.2 Å². The molecule has 0 aromatic heterocycles. The molecule has 3 nitrogen and oxygen atoms in total. The smallest absolute Gasteiger partial charge is 0.265 e. The van der Waals surface area contributed by atoms with Gasteiger partial charge in [-0.3, -0.25) is 0 Å². The normalized spacial score (nSPS) is 11.4. The highest BCUT2D eigenvalue weighted by Gasteiger charge is 2.17. The Morgan fingerprint density at radius 2 is 1.71 bits per heavy atom. The van der Waals surface area contributed by atoms with Crippen LogP contribution in [0.3, 0.4) is 0 Å². The first-order valence-electron chi connectivity index (χ1n) is 5.58. The van der Waals surface area contributed by atoms with E-state index in [2.05, 4.69) is 15.9 Å². The van der Waals surface area contributed by atoms with Crippen LogP contribution in [0.4, 0.5) is 8.78 Å². The van der Waals surface area contributed by atoms with E-state index in [1.54, 1.807) is 6.07 Å². The minimum atomic E-state index is -4.01. The van der Waals surface area contributed by atoms with Crippen LogP contribution in [-0.2, 0) is 15.7 Å². The maximum atomic E-state index is 13.1. The van der Waals surface area contributed by atoms with E-state index in [1.165, 1.54) is 12.1 Å². The average Bonchev–Trinajstić information content (AvgIpc) is 2.35. The number of rotatable bonds is 4. The van der Waals surface area contributed by atoms with Gasteiger partial charge >= 0.3 is 0 Å². The van der Waals surface area contributed by atoms with Gasteiger partial charge < -0.3 is 4.74 Å². The third-order valence-corrected chi connectivity index (χ3v) is 4.32. The van der Waals surface area contributed by atoms with Gasteiger partial charge in [-0.2, -0.15) is 0 Å². The molecule has 0 bridgehead atoms. The van der Waals surface area contributed by atoms with E-state index < -0.39 is 20.7 Å². The highest BCUT2D eigenvalue weighted by atomic mass is 79.9. The van der Waals surface area contributed by atoms with Crippen LogP contribution in [0.1, 0.15) is 5.56 Å². The second kappa shape index (κ2) is 6.29. The maximum absolute atomic E-state index is 13.1. The number of benzene rings is 2. The molecule has 0 unspecified atom stereocenters. The molecule has 112 valence electrons. The quantitative estimate of drug-likeness (QED) is 0.725. The Morgan fingerprint density at radius 3 is 2.29 bits per heavy atom. The molecule has 0 saturated heterocycles. The van der Waals surface area contributed by atoms with Crippen LogP contribution in [0.2, 0.25) is 0 Å². The topological polar surface area (TPSA) is 43.4 Å². The van der Waals surface area contributed by atoms with E-state index in [4.69, 9.17) is 15.4 Å². The van der Waals surface area contributed by atoms with Crippen LogP contribution in [0.15, 0.2) is 45.8 Å². The van der Waals surface area contributed by atoms with Crippen molar-refractivity contribution >= 4 is 35.7 Å². The van der Waals surface area contributed by atoms with Crippen molar-refractivity contribution < 1.29 is 21.9 Å². The molecule has 0 fully saturated rings. The fraction of sp³-hybridized carbons (Fsp3) is 0.0769. The molecular formula is C13H8BrClF2O3S. The van der Waals surface area contributed by atoms with Gasteiger partial charge in [-0.1, -0.05) is 15.9 Å². The molecule has 0 aliphatic heterocycles. The number of halogens is 4. The molecule has 0 aliphatic carbocycles. The summed E-state index contributed by atoms with van der Waals surface area (Å²) in [4.78, 5) is -0.226. The lowest BCUT2D eigenvalue weighted by molar-refractivity contribution is 0.296. The molecule has 21 heavy (non-hydrogen) atoms. The summed E-state index contributed by atoms with van der Waals surface area (Å²) in [5, 5.41) is 0. The van der Waals surface area contributed by atoms with Crippen molar-refractivity contribution in [2.45, 2.75) is 11.5 Å². The zero-order chi connectivity index (χ0) is 15.6. The van der Waals surface area contributed by atoms with Gasteiger partial charge in [-0.15, -0.1) is 0 Å². The molecule has 0 aliphatic rings. The Kier molecular flexibility index (Phi) is 4.85. The third kappa shape index (κ3) is 4.39. The molecule has 0 saturated carbocycles. The minimum Gasteiger partial charge on any atom is -0.487 e. The Bertz CT molecular complexity index is 761. The van der Waals surface area contributed by atoms with E-state index in [1.807, 2.05) is 0 Å². The van der Waals surface area contributed by atoms with Crippen molar-refractivity contribution in [3.05, 3.63) is 58.1 Å². The van der Waals surface area contributed by atoms with Crippen LogP contribution >= 0.6 is 26.6 Å². The van der Waals surface area contributed by atoms with Gasteiger partial charge in [0.1, 0.15) is 28.9 Å². The third-order valence-electron chi connectivity index (χ3n) is 2.49. The predicted molar refractivity (Wildman–Crippen MR) is 77.9 cm³/mol. The van der Waals surface area contributed by atoms with Gasteiger partial charge in [-0.25, -0.2) is 17.2 Å². The summed E-state index contributed by atoms with van der Waals surface area (Å²) in [5.41, 5.74) is 0.230. The summed E-state index contributed by atoms with van der Waals surface area (Å²) in [6, 6.07) is 7.16. The van der Waals surface area contributed by atoms with Crippen molar-refractivity contribution in [3.8, 4) is 5.75 Å². The Labute approximate surface area is 133 Å². The lowest BCUT2D eigenvalue weighted by Crippen LogP contribution is -2.01. The van der Waals surface area contributed by atoms with E-state index >= 15 is 0 Å². The summed E-state index contributed by atoms with van der Waals surface area (Å²) in [7, 11) is 1.31. The maximum Gasteiger partial charge on any atom is 0.265 e. The van der Waals surface area contributed by atoms with Crippen LogP contribution < -0.4 is 4.74 Å². The van der Waals surface area contributed by atoms with E-state index in [-0.39, 0.29) is 22.8 Å². The summed E-state index contributed by atoms with van der Waals surface area (Å²) in [5.74, 6) is -1.48. The highest BCUT2D eigenvalue weighted by Crippen LogP contribution is 2.30. The van der Waals surface area contributed by atoms with Gasteiger partial charge in [0.15, 0.2) is 0 Å². The Hall–Kier alpha value is -1.18. The monoisotopic (exact) mass is 396 g/mol. The van der Waals surface area contributed by atoms with Gasteiger partial charge in [0.2, 0.25) is 0 Å². The van der Waals surface area contributed by atoms with Gasteiger partial charge in [-0.05, 0) is 35.9 Å². The van der Waals surface area contributed by atoms with Crippen molar-refractivity contribution in [1.29, 1.82) is 0 Å². The number of hydrogen-bond acceptors (Lipinski definition) is 3. The minimum absolute atomic E-state index is 0.00197. The standard InChI is InChI=1S/C13H8BrClF2O3S/c14-9-1-2-12(13(5-9)21(15,18)19)20-7-8-3-10(16)6-11(17)4-8/h1-6H,7H2. The predicted octanol–water partition coefficient (Wildman–Crippen LogP) is 4.23. The van der Waals surface area contributed by atoms with Crippen LogP contribution in [0.5, 0.6) is 5.75 Å². The Morgan fingerprint density at radius 1 is 1.10 bits per heavy atom. The molecule has 0 spiro atoms. The first kappa shape index (κ1) is 16.2. The van der Waals surface area contributed by atoms with E-state index in [0.29, 0.717) is 4.47 Å². The van der Waals surface area contributed by atoms with Crippen LogP contribution in [0.25, 0.3) is 0 Å². The van der Waals surface area contributed by atoms with Crippen LogP contribution in [0, 0.1) is 11.6 Å². The molecule has 0 radical (unpaired) electrons.